The minimum atomic E-state index is -0.783. The van der Waals surface area contributed by atoms with Crippen molar-refractivity contribution in [3.05, 3.63) is 77.9 Å². The summed E-state index contributed by atoms with van der Waals surface area (Å²) in [6, 6.07) is 15.3. The number of anilines is 1. The fraction of sp³-hybridized carbons (Fsp3) is 0.467. The van der Waals surface area contributed by atoms with E-state index in [2.05, 4.69) is 16.8 Å². The van der Waals surface area contributed by atoms with Gasteiger partial charge in [-0.25, -0.2) is 0 Å². The molecule has 1 fully saturated rings. The van der Waals surface area contributed by atoms with Crippen molar-refractivity contribution in [2.45, 2.75) is 70.1 Å². The third-order valence-corrected chi connectivity index (χ3v) is 6.56. The van der Waals surface area contributed by atoms with Crippen LogP contribution >= 0.6 is 0 Å². The molecular formula is C30H40N2O6. The molecule has 0 unspecified atom stereocenters. The molecule has 38 heavy (non-hydrogen) atoms. The number of hydrogen-bond donors (Lipinski definition) is 3. The predicted octanol–water partition coefficient (Wildman–Crippen LogP) is 5.21. The molecule has 1 aliphatic heterocycles. The summed E-state index contributed by atoms with van der Waals surface area (Å²) in [7, 11) is 2.03. The zero-order valence-corrected chi connectivity index (χ0v) is 22.2. The van der Waals surface area contributed by atoms with Gasteiger partial charge < -0.3 is 29.9 Å². The second-order valence-corrected chi connectivity index (χ2v) is 9.84. The summed E-state index contributed by atoms with van der Waals surface area (Å²) in [5.41, 5.74) is 3.38. The molecule has 3 rings (SSSR count). The van der Waals surface area contributed by atoms with Gasteiger partial charge in [0.25, 0.3) is 0 Å². The number of carbonyl (C=O) groups excluding carboxylic acids is 1. The third-order valence-electron chi connectivity index (χ3n) is 6.56. The molecule has 1 saturated heterocycles. The van der Waals surface area contributed by atoms with E-state index in [9.17, 15) is 14.7 Å². The van der Waals surface area contributed by atoms with Crippen LogP contribution in [0.5, 0.6) is 0 Å². The van der Waals surface area contributed by atoms with E-state index in [-0.39, 0.29) is 31.1 Å². The Bertz CT molecular complexity index is 1040. The van der Waals surface area contributed by atoms with Crippen molar-refractivity contribution in [2.24, 2.45) is 0 Å². The largest absolute Gasteiger partial charge is 0.481 e. The van der Waals surface area contributed by atoms with E-state index in [0.717, 1.165) is 49.0 Å². The van der Waals surface area contributed by atoms with Crippen molar-refractivity contribution in [3.8, 4) is 0 Å². The molecule has 1 aliphatic rings. The molecule has 2 aromatic rings. The highest BCUT2D eigenvalue weighted by Gasteiger charge is 2.32. The number of carbonyl (C=O) groups is 2. The van der Waals surface area contributed by atoms with Crippen molar-refractivity contribution in [1.82, 2.24) is 4.90 Å². The first-order valence-corrected chi connectivity index (χ1v) is 13.3. The molecule has 206 valence electrons. The van der Waals surface area contributed by atoms with Crippen molar-refractivity contribution < 1.29 is 29.3 Å². The SMILES string of the molecule is C=CCN(C)C[C@H]1C[C@@H](c2ccc(CO)cc2)O[C@@H](c2cccc(NC(=O)CCCCCCC(=O)O)c2)O1. The van der Waals surface area contributed by atoms with Gasteiger partial charge in [-0.3, -0.25) is 9.59 Å². The fourth-order valence-electron chi connectivity index (χ4n) is 4.58. The number of likely N-dealkylation sites (N-methyl/N-ethyl adjacent to an activating group) is 1. The second kappa shape index (κ2) is 15.4. The topological polar surface area (TPSA) is 108 Å². The normalized spacial score (nSPS) is 19.3. The van der Waals surface area contributed by atoms with E-state index >= 15 is 0 Å². The van der Waals surface area contributed by atoms with Crippen LogP contribution in [-0.2, 0) is 25.7 Å². The van der Waals surface area contributed by atoms with Gasteiger partial charge in [0, 0.05) is 43.6 Å². The average Bonchev–Trinajstić information content (AvgIpc) is 2.90. The van der Waals surface area contributed by atoms with Gasteiger partial charge in [-0.15, -0.1) is 6.58 Å². The average molecular weight is 525 g/mol. The molecule has 0 aromatic heterocycles. The number of carboxylic acid groups (broad SMARTS) is 1. The highest BCUT2D eigenvalue weighted by molar-refractivity contribution is 5.90. The summed E-state index contributed by atoms with van der Waals surface area (Å²) in [4.78, 5) is 25.2. The molecule has 0 spiro atoms. The molecule has 2 aromatic carbocycles. The number of nitrogens with one attached hydrogen (secondary N) is 1. The smallest absolute Gasteiger partial charge is 0.303 e. The number of nitrogens with zero attached hydrogens (tertiary/aromatic N) is 1. The maximum absolute atomic E-state index is 12.5. The number of rotatable bonds is 15. The van der Waals surface area contributed by atoms with Crippen LogP contribution in [0.4, 0.5) is 5.69 Å². The molecule has 3 N–H and O–H groups in total. The summed E-state index contributed by atoms with van der Waals surface area (Å²) in [6.07, 6.45) is 5.26. The van der Waals surface area contributed by atoms with Gasteiger partial charge in [0.05, 0.1) is 18.8 Å². The molecule has 3 atom stereocenters. The lowest BCUT2D eigenvalue weighted by atomic mass is 9.99. The summed E-state index contributed by atoms with van der Waals surface area (Å²) in [6.45, 7) is 5.29. The maximum Gasteiger partial charge on any atom is 0.303 e. The first-order chi connectivity index (χ1) is 18.4. The number of aliphatic carboxylic acids is 1. The quantitative estimate of drug-likeness (QED) is 0.217. The monoisotopic (exact) mass is 524 g/mol. The third kappa shape index (κ3) is 9.68. The van der Waals surface area contributed by atoms with Crippen molar-refractivity contribution in [1.29, 1.82) is 0 Å². The summed E-state index contributed by atoms with van der Waals surface area (Å²) < 4.78 is 12.8. The second-order valence-electron chi connectivity index (χ2n) is 9.84. The summed E-state index contributed by atoms with van der Waals surface area (Å²) >= 11 is 0. The minimum Gasteiger partial charge on any atom is -0.481 e. The Labute approximate surface area is 225 Å². The van der Waals surface area contributed by atoms with E-state index in [1.165, 1.54) is 0 Å². The Morgan fingerprint density at radius 3 is 2.47 bits per heavy atom. The lowest BCUT2D eigenvalue weighted by molar-refractivity contribution is -0.252. The fourth-order valence-corrected chi connectivity index (χ4v) is 4.58. The first-order valence-electron chi connectivity index (χ1n) is 13.3. The minimum absolute atomic E-state index is 0.00422. The number of carboxylic acids is 1. The Morgan fingerprint density at radius 2 is 1.79 bits per heavy atom. The first kappa shape index (κ1) is 29.5. The van der Waals surface area contributed by atoms with Crippen LogP contribution in [0.2, 0.25) is 0 Å². The van der Waals surface area contributed by atoms with Crippen LogP contribution in [0, 0.1) is 0 Å². The zero-order chi connectivity index (χ0) is 27.3. The number of amides is 1. The zero-order valence-electron chi connectivity index (χ0n) is 22.2. The Kier molecular flexibility index (Phi) is 12.0. The van der Waals surface area contributed by atoms with Gasteiger partial charge >= 0.3 is 5.97 Å². The predicted molar refractivity (Wildman–Crippen MR) is 147 cm³/mol. The van der Waals surface area contributed by atoms with E-state index in [4.69, 9.17) is 14.6 Å². The van der Waals surface area contributed by atoms with Crippen LogP contribution in [0.1, 0.15) is 74.0 Å². The molecule has 0 bridgehead atoms. The highest BCUT2D eigenvalue weighted by Crippen LogP contribution is 2.38. The molecule has 1 amide bonds. The molecule has 8 heteroatoms. The van der Waals surface area contributed by atoms with Gasteiger partial charge in [0.1, 0.15) is 0 Å². The van der Waals surface area contributed by atoms with Gasteiger partial charge in [-0.1, -0.05) is 55.3 Å². The van der Waals surface area contributed by atoms with E-state index < -0.39 is 12.3 Å². The highest BCUT2D eigenvalue weighted by atomic mass is 16.7. The van der Waals surface area contributed by atoms with Crippen molar-refractivity contribution in [3.63, 3.8) is 0 Å². The lowest BCUT2D eigenvalue weighted by Crippen LogP contribution is -2.37. The van der Waals surface area contributed by atoms with Crippen LogP contribution in [0.15, 0.2) is 61.2 Å². The Morgan fingerprint density at radius 1 is 1.05 bits per heavy atom. The Hall–Kier alpha value is -3.04. The Balaban J connectivity index is 1.64. The number of aliphatic hydroxyl groups excluding tert-OH is 1. The van der Waals surface area contributed by atoms with Gasteiger partial charge in [-0.2, -0.15) is 0 Å². The number of hydrogen-bond acceptors (Lipinski definition) is 6. The van der Waals surface area contributed by atoms with Crippen molar-refractivity contribution in [2.75, 3.05) is 25.5 Å². The number of ether oxygens (including phenoxy) is 2. The number of unbranched alkanes of at least 4 members (excludes halogenated alkanes) is 3. The van der Waals surface area contributed by atoms with Crippen LogP contribution in [0.3, 0.4) is 0 Å². The molecule has 0 aliphatic carbocycles. The van der Waals surface area contributed by atoms with Gasteiger partial charge in [-0.05, 0) is 43.1 Å². The van der Waals surface area contributed by atoms with Crippen molar-refractivity contribution >= 4 is 17.6 Å². The summed E-state index contributed by atoms with van der Waals surface area (Å²) in [5.74, 6) is -0.855. The maximum atomic E-state index is 12.5. The molecule has 0 radical (unpaired) electrons. The van der Waals surface area contributed by atoms with E-state index in [1.807, 2.05) is 61.7 Å². The van der Waals surface area contributed by atoms with Crippen LogP contribution < -0.4 is 5.32 Å². The van der Waals surface area contributed by atoms with Gasteiger partial charge in [0.2, 0.25) is 5.91 Å². The lowest BCUT2D eigenvalue weighted by Gasteiger charge is -2.37. The molecule has 0 saturated carbocycles. The van der Waals surface area contributed by atoms with Crippen LogP contribution in [0.25, 0.3) is 0 Å². The molecular weight excluding hydrogens is 484 g/mol. The van der Waals surface area contributed by atoms with E-state index in [1.54, 1.807) is 0 Å². The number of aliphatic hydroxyl groups is 1. The molecule has 8 nitrogen and oxygen atoms in total. The van der Waals surface area contributed by atoms with Crippen LogP contribution in [-0.4, -0.2) is 53.2 Å². The van der Waals surface area contributed by atoms with E-state index in [0.29, 0.717) is 24.9 Å². The van der Waals surface area contributed by atoms with Gasteiger partial charge in [0.15, 0.2) is 6.29 Å². The standard InChI is InChI=1S/C30H40N2O6/c1-3-17-32(2)20-26-19-27(23-15-13-22(21-33)14-16-23)38-30(37-26)24-9-8-10-25(18-24)31-28(34)11-6-4-5-7-12-29(35)36/h3,8-10,13-16,18,26-27,30,33H,1,4-7,11-12,17,19-21H2,2H3,(H,31,34)(H,35,36)/t26-,27+,30+/m1/s1. The summed E-state index contributed by atoms with van der Waals surface area (Å²) in [5, 5.41) is 21.1. The number of benzene rings is 2. The molecule has 1 heterocycles.